The van der Waals surface area contributed by atoms with Crippen LogP contribution in [0.5, 0.6) is 0 Å². The molecular weight excluding hydrogens is 260 g/mol. The first-order valence-electron chi connectivity index (χ1n) is 6.58. The van der Waals surface area contributed by atoms with Crippen LogP contribution in [-0.2, 0) is 0 Å². The van der Waals surface area contributed by atoms with E-state index in [0.29, 0.717) is 16.8 Å². The molecule has 0 bridgehead atoms. The number of hydrogen-bond acceptors (Lipinski definition) is 3. The van der Waals surface area contributed by atoms with Crippen molar-refractivity contribution >= 4 is 17.5 Å². The third-order valence-corrected chi connectivity index (χ3v) is 3.31. The highest BCUT2D eigenvalue weighted by Gasteiger charge is 2.17. The van der Waals surface area contributed by atoms with Gasteiger partial charge in [-0.25, -0.2) is 0 Å². The number of nitrogens with zero attached hydrogens (tertiary/aromatic N) is 1. The van der Waals surface area contributed by atoms with Crippen molar-refractivity contribution in [1.29, 1.82) is 5.26 Å². The minimum absolute atomic E-state index is 0.187. The van der Waals surface area contributed by atoms with Gasteiger partial charge in [0.2, 0.25) is 5.78 Å². The Hall–Kier alpha value is -3.12. The fourth-order valence-corrected chi connectivity index (χ4v) is 2.25. The van der Waals surface area contributed by atoms with E-state index in [1.165, 1.54) is 0 Å². The second-order valence-corrected chi connectivity index (χ2v) is 4.64. The number of nitrogens with one attached hydrogen (secondary N) is 1. The molecule has 21 heavy (non-hydrogen) atoms. The third kappa shape index (κ3) is 2.47. The van der Waals surface area contributed by atoms with Crippen molar-refractivity contribution in [3.63, 3.8) is 0 Å². The number of hydrogen-bond donors (Lipinski definition) is 1. The highest BCUT2D eigenvalue weighted by Crippen LogP contribution is 2.23. The quantitative estimate of drug-likeness (QED) is 0.847. The molecule has 0 unspecified atom stereocenters. The van der Waals surface area contributed by atoms with E-state index in [-0.39, 0.29) is 5.78 Å². The van der Waals surface area contributed by atoms with Crippen LogP contribution in [0, 0.1) is 11.3 Å². The third-order valence-electron chi connectivity index (χ3n) is 3.31. The van der Waals surface area contributed by atoms with Gasteiger partial charge in [-0.3, -0.25) is 4.79 Å². The number of carbonyl (C=O) groups is 1. The number of benzene rings is 2. The molecule has 0 aromatic heterocycles. The lowest BCUT2D eigenvalue weighted by Gasteiger charge is -2.11. The standard InChI is InChI=1S/C18H12N2O/c19-12-14-7-1-3-9-15(14)18(21)17-11-5-8-13-6-2-4-10-16(13)20-17/h1-11,20H. The molecule has 1 heterocycles. The van der Waals surface area contributed by atoms with E-state index in [0.717, 1.165) is 11.3 Å². The van der Waals surface area contributed by atoms with Gasteiger partial charge in [0, 0.05) is 11.3 Å². The van der Waals surface area contributed by atoms with E-state index in [9.17, 15) is 4.79 Å². The Morgan fingerprint density at radius 3 is 2.67 bits per heavy atom. The zero-order valence-corrected chi connectivity index (χ0v) is 11.2. The number of nitriles is 1. The highest BCUT2D eigenvalue weighted by molar-refractivity contribution is 6.12. The fraction of sp³-hybridized carbons (Fsp3) is 0. The summed E-state index contributed by atoms with van der Waals surface area (Å²) in [4.78, 5) is 12.6. The van der Waals surface area contributed by atoms with Gasteiger partial charge in [0.25, 0.3) is 0 Å². The van der Waals surface area contributed by atoms with Crippen LogP contribution in [0.3, 0.4) is 0 Å². The highest BCUT2D eigenvalue weighted by atomic mass is 16.1. The van der Waals surface area contributed by atoms with Crippen molar-refractivity contribution in [1.82, 2.24) is 0 Å². The van der Waals surface area contributed by atoms with Crippen molar-refractivity contribution < 1.29 is 4.79 Å². The zero-order valence-electron chi connectivity index (χ0n) is 11.2. The number of rotatable bonds is 2. The van der Waals surface area contributed by atoms with Crippen LogP contribution >= 0.6 is 0 Å². The fourth-order valence-electron chi connectivity index (χ4n) is 2.25. The van der Waals surface area contributed by atoms with Gasteiger partial charge < -0.3 is 5.32 Å². The molecule has 0 fully saturated rings. The summed E-state index contributed by atoms with van der Waals surface area (Å²) in [6.45, 7) is 0. The molecule has 0 radical (unpaired) electrons. The molecule has 1 aliphatic heterocycles. The summed E-state index contributed by atoms with van der Waals surface area (Å²) in [5, 5.41) is 12.3. The number of fused-ring (bicyclic) bond motifs is 1. The average Bonchev–Trinajstić information content (AvgIpc) is 2.76. The van der Waals surface area contributed by atoms with Gasteiger partial charge in [-0.05, 0) is 29.8 Å². The molecule has 0 atom stereocenters. The second-order valence-electron chi connectivity index (χ2n) is 4.64. The molecule has 0 spiro atoms. The van der Waals surface area contributed by atoms with Crippen LogP contribution in [0.1, 0.15) is 21.5 Å². The molecule has 0 amide bonds. The first kappa shape index (κ1) is 12.9. The Kier molecular flexibility index (Phi) is 3.36. The maximum absolute atomic E-state index is 12.6. The lowest BCUT2D eigenvalue weighted by atomic mass is 10.0. The van der Waals surface area contributed by atoms with E-state index < -0.39 is 0 Å². The van der Waals surface area contributed by atoms with Crippen LogP contribution in [0.25, 0.3) is 6.08 Å². The lowest BCUT2D eigenvalue weighted by molar-refractivity contribution is 0.103. The van der Waals surface area contributed by atoms with Gasteiger partial charge in [0.15, 0.2) is 0 Å². The van der Waals surface area contributed by atoms with Gasteiger partial charge in [0.1, 0.15) is 0 Å². The molecule has 0 saturated heterocycles. The Morgan fingerprint density at radius 1 is 1.05 bits per heavy atom. The van der Waals surface area contributed by atoms with E-state index in [1.807, 2.05) is 36.4 Å². The molecule has 3 heteroatoms. The van der Waals surface area contributed by atoms with Gasteiger partial charge in [-0.15, -0.1) is 0 Å². The monoisotopic (exact) mass is 272 g/mol. The van der Waals surface area contributed by atoms with Crippen molar-refractivity contribution in [2.75, 3.05) is 5.32 Å². The first-order valence-corrected chi connectivity index (χ1v) is 6.58. The Labute approximate surface area is 122 Å². The molecule has 1 aliphatic rings. The number of carbonyl (C=O) groups excluding carboxylic acids is 1. The number of anilines is 1. The van der Waals surface area contributed by atoms with Crippen molar-refractivity contribution in [2.45, 2.75) is 0 Å². The van der Waals surface area contributed by atoms with E-state index in [1.54, 1.807) is 30.3 Å². The molecule has 2 aromatic carbocycles. The van der Waals surface area contributed by atoms with Crippen molar-refractivity contribution in [3.8, 4) is 6.07 Å². The van der Waals surface area contributed by atoms with E-state index in [4.69, 9.17) is 5.26 Å². The van der Waals surface area contributed by atoms with Crippen molar-refractivity contribution in [2.24, 2.45) is 0 Å². The summed E-state index contributed by atoms with van der Waals surface area (Å²) in [6, 6.07) is 16.6. The van der Waals surface area contributed by atoms with Crippen LogP contribution in [0.15, 0.2) is 66.4 Å². The number of para-hydroxylation sites is 1. The maximum atomic E-state index is 12.6. The SMILES string of the molecule is N#Cc1ccccc1C(=O)C1=CC=Cc2ccccc2N1. The Balaban J connectivity index is 1.99. The minimum atomic E-state index is -0.187. The molecular formula is C18H12N2O. The molecule has 0 saturated carbocycles. The summed E-state index contributed by atoms with van der Waals surface area (Å²) in [7, 11) is 0. The predicted molar refractivity (Wildman–Crippen MR) is 82.7 cm³/mol. The van der Waals surface area contributed by atoms with Gasteiger partial charge in [-0.2, -0.15) is 5.26 Å². The maximum Gasteiger partial charge on any atom is 0.210 e. The average molecular weight is 272 g/mol. The van der Waals surface area contributed by atoms with Crippen LogP contribution in [0.4, 0.5) is 5.69 Å². The van der Waals surface area contributed by atoms with Gasteiger partial charge in [0.05, 0.1) is 17.3 Å². The molecule has 3 rings (SSSR count). The predicted octanol–water partition coefficient (Wildman–Crippen LogP) is 3.76. The van der Waals surface area contributed by atoms with Crippen LogP contribution in [0.2, 0.25) is 0 Å². The van der Waals surface area contributed by atoms with Gasteiger partial charge in [-0.1, -0.05) is 42.5 Å². The van der Waals surface area contributed by atoms with Crippen LogP contribution in [-0.4, -0.2) is 5.78 Å². The topological polar surface area (TPSA) is 52.9 Å². The number of ketones is 1. The zero-order chi connectivity index (χ0) is 14.7. The Morgan fingerprint density at radius 2 is 1.81 bits per heavy atom. The molecule has 2 aromatic rings. The summed E-state index contributed by atoms with van der Waals surface area (Å²) in [5.41, 5.74) is 3.14. The van der Waals surface area contributed by atoms with E-state index in [2.05, 4.69) is 11.4 Å². The first-order chi connectivity index (χ1) is 10.3. The van der Waals surface area contributed by atoms with E-state index >= 15 is 0 Å². The minimum Gasteiger partial charge on any atom is -0.352 e. The largest absolute Gasteiger partial charge is 0.352 e. The smallest absolute Gasteiger partial charge is 0.210 e. The second kappa shape index (κ2) is 5.48. The molecule has 0 aliphatic carbocycles. The van der Waals surface area contributed by atoms with Crippen LogP contribution < -0.4 is 5.32 Å². The molecule has 100 valence electrons. The van der Waals surface area contributed by atoms with Crippen molar-refractivity contribution in [3.05, 3.63) is 83.1 Å². The Bertz CT molecular complexity index is 810. The number of allylic oxidation sites excluding steroid dienone is 3. The molecule has 3 nitrogen and oxygen atoms in total. The summed E-state index contributed by atoms with van der Waals surface area (Å²) in [6.07, 6.45) is 5.51. The van der Waals surface area contributed by atoms with Gasteiger partial charge >= 0.3 is 0 Å². The molecule has 1 N–H and O–H groups in total. The lowest BCUT2D eigenvalue weighted by Crippen LogP contribution is -2.13. The summed E-state index contributed by atoms with van der Waals surface area (Å²) < 4.78 is 0. The number of Topliss-reactive ketones (excluding diaryl/α,β-unsaturated/α-hetero) is 1. The summed E-state index contributed by atoms with van der Waals surface area (Å²) in [5.74, 6) is -0.187. The summed E-state index contributed by atoms with van der Waals surface area (Å²) >= 11 is 0. The normalized spacial score (nSPS) is 12.4.